The van der Waals surface area contributed by atoms with Crippen LogP contribution in [0.1, 0.15) is 22.7 Å². The summed E-state index contributed by atoms with van der Waals surface area (Å²) in [6, 6.07) is 3.90. The smallest absolute Gasteiger partial charge is 0.244 e. The minimum Gasteiger partial charge on any atom is -0.472 e. The SMILES string of the molecule is Cc1[nH]nc2c1[C@H](c1ccoc1)C(C#N)=C(N)O2. The Morgan fingerprint density at radius 1 is 1.56 bits per heavy atom. The summed E-state index contributed by atoms with van der Waals surface area (Å²) >= 11 is 0. The van der Waals surface area contributed by atoms with E-state index in [1.807, 2.05) is 6.92 Å². The number of nitrogens with two attached hydrogens (primary N) is 1. The van der Waals surface area contributed by atoms with Gasteiger partial charge in [-0.1, -0.05) is 0 Å². The van der Waals surface area contributed by atoms with Crippen LogP contribution < -0.4 is 10.5 Å². The van der Waals surface area contributed by atoms with Gasteiger partial charge in [0.1, 0.15) is 11.6 Å². The van der Waals surface area contributed by atoms with E-state index in [0.717, 1.165) is 16.8 Å². The zero-order valence-electron chi connectivity index (χ0n) is 9.60. The van der Waals surface area contributed by atoms with Gasteiger partial charge in [0, 0.05) is 16.8 Å². The Balaban J connectivity index is 2.25. The molecule has 0 aliphatic carbocycles. The molecule has 2 aromatic heterocycles. The third kappa shape index (κ3) is 1.31. The van der Waals surface area contributed by atoms with Crippen molar-refractivity contribution in [1.29, 1.82) is 5.26 Å². The average molecular weight is 242 g/mol. The topological polar surface area (TPSA) is 101 Å². The van der Waals surface area contributed by atoms with Crippen molar-refractivity contribution in [3.8, 4) is 11.9 Å². The summed E-state index contributed by atoms with van der Waals surface area (Å²) in [6.45, 7) is 1.87. The molecule has 0 amide bonds. The molecule has 0 saturated carbocycles. The molecule has 0 fully saturated rings. The van der Waals surface area contributed by atoms with Gasteiger partial charge in [0.05, 0.1) is 18.4 Å². The van der Waals surface area contributed by atoms with Crippen LogP contribution in [0.4, 0.5) is 0 Å². The highest BCUT2D eigenvalue weighted by molar-refractivity contribution is 5.54. The Bertz CT molecular complexity index is 661. The van der Waals surface area contributed by atoms with E-state index in [4.69, 9.17) is 14.9 Å². The number of rotatable bonds is 1. The van der Waals surface area contributed by atoms with Crippen LogP contribution in [0.2, 0.25) is 0 Å². The minimum absolute atomic E-state index is 0.0858. The van der Waals surface area contributed by atoms with Gasteiger partial charge in [-0.05, 0) is 13.0 Å². The summed E-state index contributed by atoms with van der Waals surface area (Å²) in [6.07, 6.45) is 3.15. The van der Waals surface area contributed by atoms with Gasteiger partial charge in [0.2, 0.25) is 11.8 Å². The van der Waals surface area contributed by atoms with Crippen molar-refractivity contribution in [1.82, 2.24) is 10.2 Å². The van der Waals surface area contributed by atoms with Crippen LogP contribution in [0.5, 0.6) is 5.88 Å². The molecule has 0 bridgehead atoms. The number of hydrogen-bond acceptors (Lipinski definition) is 5. The number of fused-ring (bicyclic) bond motifs is 1. The number of H-pyrrole nitrogens is 1. The molecule has 0 radical (unpaired) electrons. The van der Waals surface area contributed by atoms with Gasteiger partial charge >= 0.3 is 0 Å². The average Bonchev–Trinajstić information content (AvgIpc) is 2.98. The number of nitrogens with zero attached hydrogens (tertiary/aromatic N) is 2. The lowest BCUT2D eigenvalue weighted by atomic mass is 9.86. The summed E-state index contributed by atoms with van der Waals surface area (Å²) in [4.78, 5) is 0. The first-order valence-electron chi connectivity index (χ1n) is 5.37. The molecule has 3 rings (SSSR count). The number of nitriles is 1. The second kappa shape index (κ2) is 3.67. The van der Waals surface area contributed by atoms with E-state index >= 15 is 0 Å². The molecule has 90 valence electrons. The van der Waals surface area contributed by atoms with Crippen LogP contribution in [0.15, 0.2) is 34.5 Å². The number of furan rings is 1. The van der Waals surface area contributed by atoms with E-state index < -0.39 is 0 Å². The zero-order valence-corrected chi connectivity index (χ0v) is 9.60. The summed E-state index contributed by atoms with van der Waals surface area (Å²) in [5, 5.41) is 16.1. The predicted molar refractivity (Wildman–Crippen MR) is 61.3 cm³/mol. The van der Waals surface area contributed by atoms with Crippen molar-refractivity contribution in [2.45, 2.75) is 12.8 Å². The van der Waals surface area contributed by atoms with Gasteiger partial charge in [0.15, 0.2) is 0 Å². The molecular weight excluding hydrogens is 232 g/mol. The van der Waals surface area contributed by atoms with E-state index in [2.05, 4.69) is 16.3 Å². The molecule has 1 atom stereocenters. The maximum Gasteiger partial charge on any atom is 0.244 e. The van der Waals surface area contributed by atoms with E-state index in [1.165, 1.54) is 0 Å². The number of allylic oxidation sites excluding steroid dienone is 1. The fourth-order valence-corrected chi connectivity index (χ4v) is 2.17. The number of nitrogens with one attached hydrogen (secondary N) is 1. The third-order valence-corrected chi connectivity index (χ3v) is 3.01. The predicted octanol–water partition coefficient (Wildman–Crippen LogP) is 1.53. The van der Waals surface area contributed by atoms with Crippen LogP contribution in [0, 0.1) is 18.3 Å². The number of aromatic nitrogens is 2. The molecule has 0 aromatic carbocycles. The molecule has 1 aliphatic heterocycles. The Kier molecular flexibility index (Phi) is 2.13. The Labute approximate surface area is 103 Å². The molecule has 3 N–H and O–H groups in total. The number of hydrogen-bond donors (Lipinski definition) is 2. The first-order valence-corrected chi connectivity index (χ1v) is 5.37. The molecular formula is C12H10N4O2. The molecule has 0 unspecified atom stereocenters. The van der Waals surface area contributed by atoms with Crippen LogP contribution >= 0.6 is 0 Å². The fourth-order valence-electron chi connectivity index (χ4n) is 2.17. The first kappa shape index (κ1) is 10.5. The van der Waals surface area contributed by atoms with E-state index in [9.17, 15) is 5.26 Å². The second-order valence-electron chi connectivity index (χ2n) is 4.05. The Hall–Kier alpha value is -2.68. The standard InChI is InChI=1S/C12H10N4O2/c1-6-9-10(7-2-3-17-5-7)8(4-13)11(14)18-12(9)16-15-6/h2-3,5,10H,14H2,1H3,(H,15,16)/t10-/m1/s1. The van der Waals surface area contributed by atoms with Crippen LogP contribution in [-0.4, -0.2) is 10.2 Å². The van der Waals surface area contributed by atoms with Gasteiger partial charge < -0.3 is 14.9 Å². The molecule has 18 heavy (non-hydrogen) atoms. The maximum absolute atomic E-state index is 9.26. The highest BCUT2D eigenvalue weighted by atomic mass is 16.5. The van der Waals surface area contributed by atoms with Crippen LogP contribution in [0.3, 0.4) is 0 Å². The van der Waals surface area contributed by atoms with Crippen molar-refractivity contribution in [3.63, 3.8) is 0 Å². The van der Waals surface area contributed by atoms with Crippen molar-refractivity contribution in [3.05, 3.63) is 46.9 Å². The molecule has 0 spiro atoms. The normalized spacial score (nSPS) is 18.1. The lowest BCUT2D eigenvalue weighted by Gasteiger charge is -2.22. The number of ether oxygens (including phenoxy) is 1. The summed E-state index contributed by atoms with van der Waals surface area (Å²) in [5.74, 6) is 0.203. The van der Waals surface area contributed by atoms with Gasteiger partial charge in [0.25, 0.3) is 0 Å². The molecule has 3 heterocycles. The summed E-state index contributed by atoms with van der Waals surface area (Å²) in [7, 11) is 0. The molecule has 2 aromatic rings. The third-order valence-electron chi connectivity index (χ3n) is 3.01. The van der Waals surface area contributed by atoms with Gasteiger partial charge in [-0.2, -0.15) is 5.26 Å². The maximum atomic E-state index is 9.26. The van der Waals surface area contributed by atoms with E-state index in [-0.39, 0.29) is 11.8 Å². The first-order chi connectivity index (χ1) is 8.72. The quantitative estimate of drug-likeness (QED) is 0.789. The highest BCUT2D eigenvalue weighted by Crippen LogP contribution is 2.42. The van der Waals surface area contributed by atoms with Gasteiger partial charge in [-0.25, -0.2) is 0 Å². The van der Waals surface area contributed by atoms with Crippen molar-refractivity contribution < 1.29 is 9.15 Å². The van der Waals surface area contributed by atoms with Gasteiger partial charge in [-0.3, -0.25) is 5.10 Å². The summed E-state index contributed by atoms with van der Waals surface area (Å²) < 4.78 is 10.4. The highest BCUT2D eigenvalue weighted by Gasteiger charge is 2.34. The Morgan fingerprint density at radius 2 is 2.39 bits per heavy atom. The number of aromatic amines is 1. The molecule has 6 heteroatoms. The van der Waals surface area contributed by atoms with Crippen molar-refractivity contribution in [2.24, 2.45) is 5.73 Å². The molecule has 0 saturated heterocycles. The lowest BCUT2D eigenvalue weighted by Crippen LogP contribution is -2.20. The zero-order chi connectivity index (χ0) is 12.7. The fraction of sp³-hybridized carbons (Fsp3) is 0.167. The summed E-state index contributed by atoms with van der Waals surface area (Å²) in [5.41, 5.74) is 8.65. The van der Waals surface area contributed by atoms with Crippen molar-refractivity contribution >= 4 is 0 Å². The van der Waals surface area contributed by atoms with Gasteiger partial charge in [-0.15, -0.1) is 5.10 Å². The number of aryl methyl sites for hydroxylation is 1. The van der Waals surface area contributed by atoms with Crippen LogP contribution in [-0.2, 0) is 0 Å². The molecule has 6 nitrogen and oxygen atoms in total. The van der Waals surface area contributed by atoms with E-state index in [1.54, 1.807) is 18.6 Å². The van der Waals surface area contributed by atoms with Crippen LogP contribution in [0.25, 0.3) is 0 Å². The second-order valence-corrected chi connectivity index (χ2v) is 4.05. The Morgan fingerprint density at radius 3 is 3.06 bits per heavy atom. The molecule has 1 aliphatic rings. The van der Waals surface area contributed by atoms with Crippen molar-refractivity contribution in [2.75, 3.05) is 0 Å². The van der Waals surface area contributed by atoms with E-state index in [0.29, 0.717) is 11.5 Å². The minimum atomic E-state index is -0.295. The monoisotopic (exact) mass is 242 g/mol. The largest absolute Gasteiger partial charge is 0.472 e. The lowest BCUT2D eigenvalue weighted by molar-refractivity contribution is 0.378.